The highest BCUT2D eigenvalue weighted by molar-refractivity contribution is 9.10. The third-order valence-corrected chi connectivity index (χ3v) is 6.47. The quantitative estimate of drug-likeness (QED) is 0.498. The van der Waals surface area contributed by atoms with Crippen molar-refractivity contribution in [2.45, 2.75) is 59.4 Å². The average Bonchev–Trinajstić information content (AvgIpc) is 2.56. The second-order valence-corrected chi connectivity index (χ2v) is 8.98. The molecule has 0 saturated carbocycles. The molecule has 1 aliphatic heterocycles. The van der Waals surface area contributed by atoms with E-state index < -0.39 is 0 Å². The summed E-state index contributed by atoms with van der Waals surface area (Å²) in [6.07, 6.45) is 3.19. The van der Waals surface area contributed by atoms with Crippen molar-refractivity contribution in [3.63, 3.8) is 0 Å². The molecule has 0 amide bonds. The standard InChI is InChI=1S/C23H29BrN2/c1-7-26-22-11-15(2)18(12-20(22)17(4)13-23(26,5)6)14-25-19-8-9-21(24)16(3)10-19/h8-12,14,17H,7,13H2,1-6H3. The lowest BCUT2D eigenvalue weighted by Gasteiger charge is -2.47. The van der Waals surface area contributed by atoms with Crippen LogP contribution in [-0.4, -0.2) is 18.3 Å². The van der Waals surface area contributed by atoms with Crippen molar-refractivity contribution in [2.24, 2.45) is 4.99 Å². The first-order valence-electron chi connectivity index (χ1n) is 9.45. The molecule has 3 rings (SSSR count). The molecule has 1 unspecified atom stereocenters. The molecule has 0 spiro atoms. The van der Waals surface area contributed by atoms with E-state index in [9.17, 15) is 0 Å². The smallest absolute Gasteiger partial charge is 0.0633 e. The maximum atomic E-state index is 4.72. The summed E-state index contributed by atoms with van der Waals surface area (Å²) in [4.78, 5) is 7.27. The van der Waals surface area contributed by atoms with E-state index in [1.54, 1.807) is 0 Å². The van der Waals surface area contributed by atoms with Gasteiger partial charge in [0, 0.05) is 28.5 Å². The molecule has 2 aromatic rings. The number of hydrogen-bond donors (Lipinski definition) is 0. The molecule has 1 heterocycles. The highest BCUT2D eigenvalue weighted by Gasteiger charge is 2.35. The zero-order valence-corrected chi connectivity index (χ0v) is 18.3. The molecular formula is C23H29BrN2. The summed E-state index contributed by atoms with van der Waals surface area (Å²) >= 11 is 3.55. The predicted molar refractivity (Wildman–Crippen MR) is 117 cm³/mol. The van der Waals surface area contributed by atoms with Crippen LogP contribution in [0.25, 0.3) is 0 Å². The van der Waals surface area contributed by atoms with Gasteiger partial charge in [-0.1, -0.05) is 22.9 Å². The maximum Gasteiger partial charge on any atom is 0.0633 e. The third kappa shape index (κ3) is 3.59. The number of aryl methyl sites for hydroxylation is 2. The molecule has 1 atom stereocenters. The van der Waals surface area contributed by atoms with Crippen molar-refractivity contribution < 1.29 is 0 Å². The summed E-state index contributed by atoms with van der Waals surface area (Å²) < 4.78 is 1.12. The molecule has 1 aliphatic rings. The van der Waals surface area contributed by atoms with E-state index in [0.29, 0.717) is 5.92 Å². The molecule has 0 aromatic heterocycles. The Morgan fingerprint density at radius 3 is 2.58 bits per heavy atom. The normalized spacial score (nSPS) is 19.0. The fourth-order valence-corrected chi connectivity index (χ4v) is 4.49. The van der Waals surface area contributed by atoms with Crippen LogP contribution < -0.4 is 4.90 Å². The van der Waals surface area contributed by atoms with Crippen molar-refractivity contribution in [2.75, 3.05) is 11.4 Å². The van der Waals surface area contributed by atoms with Crippen molar-refractivity contribution >= 4 is 33.5 Å². The lowest BCUT2D eigenvalue weighted by Crippen LogP contribution is -2.48. The predicted octanol–water partition coefficient (Wildman–Crippen LogP) is 6.93. The SMILES string of the molecule is CCN1c2cc(C)c(C=Nc3ccc(Br)c(C)c3)cc2C(C)CC1(C)C. The largest absolute Gasteiger partial charge is 0.366 e. The van der Waals surface area contributed by atoms with E-state index >= 15 is 0 Å². The molecular weight excluding hydrogens is 384 g/mol. The van der Waals surface area contributed by atoms with Crippen LogP contribution >= 0.6 is 15.9 Å². The Kier molecular flexibility index (Phi) is 5.30. The number of benzene rings is 2. The minimum atomic E-state index is 0.207. The van der Waals surface area contributed by atoms with Crippen molar-refractivity contribution in [3.8, 4) is 0 Å². The van der Waals surface area contributed by atoms with Gasteiger partial charge in [0.2, 0.25) is 0 Å². The van der Waals surface area contributed by atoms with Crippen LogP contribution in [0.3, 0.4) is 0 Å². The summed E-state index contributed by atoms with van der Waals surface area (Å²) in [5, 5.41) is 0. The van der Waals surface area contributed by atoms with Crippen LogP contribution in [0.2, 0.25) is 0 Å². The van der Waals surface area contributed by atoms with E-state index in [1.807, 2.05) is 12.3 Å². The Morgan fingerprint density at radius 2 is 1.92 bits per heavy atom. The molecule has 26 heavy (non-hydrogen) atoms. The topological polar surface area (TPSA) is 15.6 Å². The molecule has 0 radical (unpaired) electrons. The molecule has 138 valence electrons. The van der Waals surface area contributed by atoms with Gasteiger partial charge in [0.1, 0.15) is 0 Å². The first-order chi connectivity index (χ1) is 12.2. The highest BCUT2D eigenvalue weighted by atomic mass is 79.9. The first-order valence-corrected chi connectivity index (χ1v) is 10.2. The van der Waals surface area contributed by atoms with Crippen LogP contribution in [0, 0.1) is 13.8 Å². The Balaban J connectivity index is 1.99. The number of rotatable bonds is 3. The molecule has 3 heteroatoms. The van der Waals surface area contributed by atoms with Gasteiger partial charge in [0.25, 0.3) is 0 Å². The van der Waals surface area contributed by atoms with E-state index in [-0.39, 0.29) is 5.54 Å². The lowest BCUT2D eigenvalue weighted by molar-refractivity contribution is 0.381. The Labute approximate surface area is 166 Å². The first kappa shape index (κ1) is 19.2. The average molecular weight is 413 g/mol. The van der Waals surface area contributed by atoms with Gasteiger partial charge in [-0.3, -0.25) is 4.99 Å². The number of halogens is 1. The summed E-state index contributed by atoms with van der Waals surface area (Å²) in [6, 6.07) is 10.9. The number of nitrogens with zero attached hydrogens (tertiary/aromatic N) is 2. The van der Waals surface area contributed by atoms with E-state index in [0.717, 1.165) is 16.7 Å². The fourth-order valence-electron chi connectivity index (χ4n) is 4.24. The van der Waals surface area contributed by atoms with Crippen LogP contribution in [0.15, 0.2) is 39.8 Å². The van der Waals surface area contributed by atoms with Crippen molar-refractivity contribution in [1.82, 2.24) is 0 Å². The number of anilines is 1. The van der Waals surface area contributed by atoms with Crippen LogP contribution in [-0.2, 0) is 0 Å². The van der Waals surface area contributed by atoms with E-state index in [4.69, 9.17) is 4.99 Å². The Bertz CT molecular complexity index is 852. The van der Waals surface area contributed by atoms with Gasteiger partial charge in [-0.2, -0.15) is 0 Å². The number of hydrogen-bond acceptors (Lipinski definition) is 2. The van der Waals surface area contributed by atoms with Crippen LogP contribution in [0.5, 0.6) is 0 Å². The van der Waals surface area contributed by atoms with Crippen LogP contribution in [0.4, 0.5) is 11.4 Å². The summed E-state index contributed by atoms with van der Waals surface area (Å²) in [5.74, 6) is 0.561. The second kappa shape index (κ2) is 7.19. The van der Waals surface area contributed by atoms with Crippen molar-refractivity contribution in [1.29, 1.82) is 0 Å². The van der Waals surface area contributed by atoms with Gasteiger partial charge in [-0.05, 0) is 99.5 Å². The molecule has 0 fully saturated rings. The molecule has 0 aliphatic carbocycles. The van der Waals surface area contributed by atoms with Crippen LogP contribution in [0.1, 0.15) is 62.3 Å². The second-order valence-electron chi connectivity index (χ2n) is 8.12. The zero-order chi connectivity index (χ0) is 19.1. The van der Waals surface area contributed by atoms with E-state index in [2.05, 4.69) is 86.6 Å². The monoisotopic (exact) mass is 412 g/mol. The van der Waals surface area contributed by atoms with Gasteiger partial charge in [0.05, 0.1) is 5.69 Å². The summed E-state index contributed by atoms with van der Waals surface area (Å²) in [5.41, 5.74) is 7.74. The maximum absolute atomic E-state index is 4.72. The van der Waals surface area contributed by atoms with Gasteiger partial charge in [0.15, 0.2) is 0 Å². The molecule has 2 aromatic carbocycles. The highest BCUT2D eigenvalue weighted by Crippen LogP contribution is 2.44. The van der Waals surface area contributed by atoms with E-state index in [1.165, 1.54) is 34.4 Å². The molecule has 0 bridgehead atoms. The molecule has 0 saturated heterocycles. The van der Waals surface area contributed by atoms with Gasteiger partial charge in [-0.15, -0.1) is 0 Å². The van der Waals surface area contributed by atoms with Gasteiger partial charge < -0.3 is 4.90 Å². The summed E-state index contributed by atoms with van der Waals surface area (Å²) in [6.45, 7) is 14.6. The molecule has 2 nitrogen and oxygen atoms in total. The number of fused-ring (bicyclic) bond motifs is 1. The minimum absolute atomic E-state index is 0.207. The Hall–Kier alpha value is -1.61. The van der Waals surface area contributed by atoms with Crippen molar-refractivity contribution in [3.05, 3.63) is 57.1 Å². The Morgan fingerprint density at radius 1 is 1.19 bits per heavy atom. The molecule has 0 N–H and O–H groups in total. The fraction of sp³-hybridized carbons (Fsp3) is 0.435. The third-order valence-electron chi connectivity index (χ3n) is 5.58. The zero-order valence-electron chi connectivity index (χ0n) is 16.7. The van der Waals surface area contributed by atoms with Gasteiger partial charge >= 0.3 is 0 Å². The van der Waals surface area contributed by atoms with Gasteiger partial charge in [-0.25, -0.2) is 0 Å². The minimum Gasteiger partial charge on any atom is -0.366 e. The summed E-state index contributed by atoms with van der Waals surface area (Å²) in [7, 11) is 0. The lowest BCUT2D eigenvalue weighted by atomic mass is 9.79. The number of aliphatic imine (C=N–C) groups is 1.